The number of aliphatic hydroxyl groups is 1. The van der Waals surface area contributed by atoms with Crippen LogP contribution in [0.25, 0.3) is 0 Å². The van der Waals surface area contributed by atoms with Crippen LogP contribution < -0.4 is 0 Å². The SMILES string of the molecule is CC(O)CCn1cccc1. The molecule has 10 heavy (non-hydrogen) atoms. The van der Waals surface area contributed by atoms with Crippen LogP contribution in [0, 0.1) is 0 Å². The van der Waals surface area contributed by atoms with E-state index < -0.39 is 0 Å². The molecule has 0 aliphatic rings. The average Bonchev–Trinajstić information content (AvgIpc) is 2.34. The summed E-state index contributed by atoms with van der Waals surface area (Å²) in [6.07, 6.45) is 4.64. The first-order chi connectivity index (χ1) is 4.79. The molecule has 1 unspecified atom stereocenters. The van der Waals surface area contributed by atoms with Crippen LogP contribution >= 0.6 is 0 Å². The summed E-state index contributed by atoms with van der Waals surface area (Å²) in [5.74, 6) is 0. The molecule has 2 nitrogen and oxygen atoms in total. The van der Waals surface area contributed by atoms with Gasteiger partial charge in [0, 0.05) is 18.9 Å². The fourth-order valence-electron chi connectivity index (χ4n) is 0.855. The van der Waals surface area contributed by atoms with Gasteiger partial charge >= 0.3 is 0 Å². The van der Waals surface area contributed by atoms with Crippen LogP contribution in [0.1, 0.15) is 13.3 Å². The zero-order chi connectivity index (χ0) is 7.40. The highest BCUT2D eigenvalue weighted by Crippen LogP contribution is 1.96. The van der Waals surface area contributed by atoms with Gasteiger partial charge in [-0.25, -0.2) is 0 Å². The Kier molecular flexibility index (Phi) is 2.51. The van der Waals surface area contributed by atoms with Crippen LogP contribution in [0.2, 0.25) is 0 Å². The van der Waals surface area contributed by atoms with Gasteiger partial charge in [-0.15, -0.1) is 0 Å². The van der Waals surface area contributed by atoms with E-state index in [0.717, 1.165) is 13.0 Å². The van der Waals surface area contributed by atoms with E-state index in [0.29, 0.717) is 0 Å². The van der Waals surface area contributed by atoms with Crippen molar-refractivity contribution in [2.45, 2.75) is 26.0 Å². The predicted octanol–water partition coefficient (Wildman–Crippen LogP) is 1.26. The number of nitrogens with zero attached hydrogens (tertiary/aromatic N) is 1. The maximum Gasteiger partial charge on any atom is 0.0529 e. The fraction of sp³-hybridized carbons (Fsp3) is 0.500. The molecule has 1 rings (SSSR count). The number of aliphatic hydroxyl groups excluding tert-OH is 1. The monoisotopic (exact) mass is 139 g/mol. The molecule has 1 aromatic heterocycles. The quantitative estimate of drug-likeness (QED) is 0.670. The topological polar surface area (TPSA) is 25.2 Å². The molecule has 1 N–H and O–H groups in total. The van der Waals surface area contributed by atoms with Gasteiger partial charge in [-0.1, -0.05) is 0 Å². The summed E-state index contributed by atoms with van der Waals surface area (Å²) in [4.78, 5) is 0. The minimum Gasteiger partial charge on any atom is -0.393 e. The van der Waals surface area contributed by atoms with E-state index in [1.54, 1.807) is 0 Å². The number of aromatic nitrogens is 1. The lowest BCUT2D eigenvalue weighted by Gasteiger charge is -2.03. The average molecular weight is 139 g/mol. The molecule has 0 spiro atoms. The summed E-state index contributed by atoms with van der Waals surface area (Å²) >= 11 is 0. The van der Waals surface area contributed by atoms with Crippen molar-refractivity contribution in [3.05, 3.63) is 24.5 Å². The molecular weight excluding hydrogens is 126 g/mol. The minimum absolute atomic E-state index is 0.192. The minimum atomic E-state index is -0.192. The molecule has 56 valence electrons. The molecule has 1 heterocycles. The zero-order valence-corrected chi connectivity index (χ0v) is 6.20. The molecule has 0 bridgehead atoms. The van der Waals surface area contributed by atoms with Gasteiger partial charge in [-0.3, -0.25) is 0 Å². The van der Waals surface area contributed by atoms with Crippen LogP contribution in [0.5, 0.6) is 0 Å². The molecule has 2 heteroatoms. The van der Waals surface area contributed by atoms with Crippen LogP contribution in [-0.2, 0) is 6.54 Å². The molecule has 1 aromatic rings. The first-order valence-corrected chi connectivity index (χ1v) is 3.58. The number of aryl methyl sites for hydroxylation is 1. The Morgan fingerprint density at radius 1 is 1.40 bits per heavy atom. The lowest BCUT2D eigenvalue weighted by molar-refractivity contribution is 0.178. The van der Waals surface area contributed by atoms with E-state index in [1.165, 1.54) is 0 Å². The number of rotatable bonds is 3. The van der Waals surface area contributed by atoms with Crippen molar-refractivity contribution >= 4 is 0 Å². The molecule has 1 atom stereocenters. The van der Waals surface area contributed by atoms with E-state index in [2.05, 4.69) is 4.57 Å². The van der Waals surface area contributed by atoms with Gasteiger partial charge in [0.2, 0.25) is 0 Å². The van der Waals surface area contributed by atoms with Crippen LogP contribution in [-0.4, -0.2) is 15.8 Å². The Hall–Kier alpha value is -0.760. The summed E-state index contributed by atoms with van der Waals surface area (Å²) in [6.45, 7) is 2.72. The maximum absolute atomic E-state index is 8.94. The highest BCUT2D eigenvalue weighted by Gasteiger charge is 1.94. The van der Waals surface area contributed by atoms with Crippen LogP contribution in [0.15, 0.2) is 24.5 Å². The first kappa shape index (κ1) is 7.35. The molecule has 0 aromatic carbocycles. The van der Waals surface area contributed by atoms with E-state index in [4.69, 9.17) is 5.11 Å². The normalized spacial score (nSPS) is 13.4. The number of hydrogen-bond acceptors (Lipinski definition) is 1. The van der Waals surface area contributed by atoms with Crippen LogP contribution in [0.3, 0.4) is 0 Å². The van der Waals surface area contributed by atoms with E-state index in [1.807, 2.05) is 31.5 Å². The van der Waals surface area contributed by atoms with Crippen molar-refractivity contribution < 1.29 is 5.11 Å². The van der Waals surface area contributed by atoms with E-state index in [-0.39, 0.29) is 6.10 Å². The summed E-state index contributed by atoms with van der Waals surface area (Å²) < 4.78 is 2.06. The zero-order valence-electron chi connectivity index (χ0n) is 6.20. The second-order valence-electron chi connectivity index (χ2n) is 2.56. The Labute approximate surface area is 61.1 Å². The highest BCUT2D eigenvalue weighted by atomic mass is 16.3. The lowest BCUT2D eigenvalue weighted by atomic mass is 10.3. The first-order valence-electron chi connectivity index (χ1n) is 3.58. The Balaban J connectivity index is 2.28. The summed E-state index contributed by atoms with van der Waals surface area (Å²) in [5, 5.41) is 8.94. The van der Waals surface area contributed by atoms with Gasteiger partial charge in [-0.2, -0.15) is 0 Å². The second-order valence-corrected chi connectivity index (χ2v) is 2.56. The molecular formula is C8H13NO. The van der Waals surface area contributed by atoms with E-state index in [9.17, 15) is 0 Å². The van der Waals surface area contributed by atoms with Crippen molar-refractivity contribution in [3.63, 3.8) is 0 Å². The van der Waals surface area contributed by atoms with Gasteiger partial charge in [0.25, 0.3) is 0 Å². The van der Waals surface area contributed by atoms with Gasteiger partial charge < -0.3 is 9.67 Å². The Morgan fingerprint density at radius 3 is 2.50 bits per heavy atom. The molecule has 0 saturated heterocycles. The highest BCUT2D eigenvalue weighted by molar-refractivity contribution is 4.90. The smallest absolute Gasteiger partial charge is 0.0529 e. The van der Waals surface area contributed by atoms with Gasteiger partial charge in [0.15, 0.2) is 0 Å². The van der Waals surface area contributed by atoms with Crippen molar-refractivity contribution in [1.29, 1.82) is 0 Å². The Morgan fingerprint density at radius 2 is 2.00 bits per heavy atom. The molecule has 0 saturated carbocycles. The maximum atomic E-state index is 8.94. The predicted molar refractivity (Wildman–Crippen MR) is 40.7 cm³/mol. The van der Waals surface area contributed by atoms with Crippen molar-refractivity contribution in [2.24, 2.45) is 0 Å². The Bertz CT molecular complexity index is 167. The molecule has 0 amide bonds. The third-order valence-electron chi connectivity index (χ3n) is 1.47. The van der Waals surface area contributed by atoms with Gasteiger partial charge in [0.05, 0.1) is 6.10 Å². The summed E-state index contributed by atoms with van der Waals surface area (Å²) in [7, 11) is 0. The summed E-state index contributed by atoms with van der Waals surface area (Å²) in [6, 6.07) is 3.98. The number of hydrogen-bond donors (Lipinski definition) is 1. The third-order valence-corrected chi connectivity index (χ3v) is 1.47. The van der Waals surface area contributed by atoms with Crippen molar-refractivity contribution in [1.82, 2.24) is 4.57 Å². The molecule has 0 aliphatic heterocycles. The standard InChI is InChI=1S/C8H13NO/c1-8(10)4-7-9-5-2-3-6-9/h2-3,5-6,8,10H,4,7H2,1H3. The molecule has 0 aliphatic carbocycles. The fourth-order valence-corrected chi connectivity index (χ4v) is 0.855. The van der Waals surface area contributed by atoms with Crippen molar-refractivity contribution in [3.8, 4) is 0 Å². The van der Waals surface area contributed by atoms with Gasteiger partial charge in [0.1, 0.15) is 0 Å². The lowest BCUT2D eigenvalue weighted by Crippen LogP contribution is -2.04. The molecule has 0 radical (unpaired) electrons. The summed E-state index contributed by atoms with van der Waals surface area (Å²) in [5.41, 5.74) is 0. The second kappa shape index (κ2) is 3.42. The van der Waals surface area contributed by atoms with Gasteiger partial charge in [-0.05, 0) is 25.5 Å². The van der Waals surface area contributed by atoms with Crippen molar-refractivity contribution in [2.75, 3.05) is 0 Å². The largest absolute Gasteiger partial charge is 0.393 e. The molecule has 0 fully saturated rings. The van der Waals surface area contributed by atoms with E-state index >= 15 is 0 Å². The third kappa shape index (κ3) is 2.23. The van der Waals surface area contributed by atoms with Crippen LogP contribution in [0.4, 0.5) is 0 Å².